The number of ether oxygens (including phenoxy) is 1. The number of nitrogens with two attached hydrogens (primary N) is 1. The van der Waals surface area contributed by atoms with Crippen molar-refractivity contribution in [2.75, 3.05) is 5.73 Å². The van der Waals surface area contributed by atoms with E-state index in [1.54, 1.807) is 0 Å². The normalized spacial score (nSPS) is 10.6. The monoisotopic (exact) mass is 385 g/mol. The Labute approximate surface area is 146 Å². The number of rotatable bonds is 6. The summed E-state index contributed by atoms with van der Waals surface area (Å²) in [4.78, 5) is 46.8. The summed E-state index contributed by atoms with van der Waals surface area (Å²) in [6.45, 7) is -3.42. The molecule has 0 amide bonds. The summed E-state index contributed by atoms with van der Waals surface area (Å²) in [6, 6.07) is 2.09. The van der Waals surface area contributed by atoms with Crippen LogP contribution in [0.4, 0.5) is 20.3 Å². The number of anilines is 1. The van der Waals surface area contributed by atoms with Crippen LogP contribution >= 0.6 is 0 Å². The zero-order chi connectivity index (χ0) is 20.5. The van der Waals surface area contributed by atoms with Gasteiger partial charge in [0.25, 0.3) is 11.2 Å². The minimum Gasteiger partial charge on any atom is -0.478 e. The summed E-state index contributed by atoms with van der Waals surface area (Å²) in [5.41, 5.74) is -0.358. The number of hydrogen-bond acceptors (Lipinski definition) is 7. The number of nitro groups is 1. The Morgan fingerprint density at radius 2 is 1.81 bits per heavy atom. The van der Waals surface area contributed by atoms with Crippen molar-refractivity contribution in [2.45, 2.75) is 6.61 Å². The largest absolute Gasteiger partial charge is 0.478 e. The highest BCUT2D eigenvalue weighted by molar-refractivity contribution is 6.08. The number of nitrogens with zero attached hydrogens (tertiary/aromatic N) is 1. The van der Waals surface area contributed by atoms with Gasteiger partial charge in [0.2, 0.25) is 0 Å². The Hall–Kier alpha value is -4.03. The number of alkyl halides is 2. The van der Waals surface area contributed by atoms with E-state index in [4.69, 9.17) is 5.73 Å². The van der Waals surface area contributed by atoms with Crippen molar-refractivity contribution in [3.05, 3.63) is 49.8 Å². The van der Waals surface area contributed by atoms with Crippen molar-refractivity contribution in [1.29, 1.82) is 0 Å². The van der Waals surface area contributed by atoms with E-state index < -0.39 is 68.5 Å². The predicted molar refractivity (Wildman–Crippen MR) is 84.1 cm³/mol. The lowest BCUT2D eigenvalue weighted by Gasteiger charge is -2.15. The number of H-pyrrole nitrogens is 1. The number of pyridine rings is 1. The average molecular weight is 385 g/mol. The third-order valence-electron chi connectivity index (χ3n) is 3.33. The van der Waals surface area contributed by atoms with Crippen LogP contribution in [-0.2, 0) is 0 Å². The Morgan fingerprint density at radius 1 is 1.22 bits per heavy atom. The average Bonchev–Trinajstić information content (AvgIpc) is 2.52. The molecule has 0 unspecified atom stereocenters. The summed E-state index contributed by atoms with van der Waals surface area (Å²) in [6.07, 6.45) is 0. The van der Waals surface area contributed by atoms with Gasteiger partial charge in [-0.1, -0.05) is 0 Å². The molecule has 0 fully saturated rings. The van der Waals surface area contributed by atoms with Gasteiger partial charge in [0.1, 0.15) is 22.7 Å². The summed E-state index contributed by atoms with van der Waals surface area (Å²) >= 11 is 0. The zero-order valence-electron chi connectivity index (χ0n) is 12.9. The van der Waals surface area contributed by atoms with E-state index in [2.05, 4.69) is 4.74 Å². The summed E-state index contributed by atoms with van der Waals surface area (Å²) < 4.78 is 29.5. The molecule has 0 aliphatic heterocycles. The molecule has 27 heavy (non-hydrogen) atoms. The van der Waals surface area contributed by atoms with Crippen LogP contribution in [-0.4, -0.2) is 38.7 Å². The van der Waals surface area contributed by atoms with Gasteiger partial charge in [-0.15, -0.1) is 0 Å². The van der Waals surface area contributed by atoms with Crippen molar-refractivity contribution >= 4 is 23.4 Å². The van der Waals surface area contributed by atoms with Crippen LogP contribution in [0, 0.1) is 10.1 Å². The van der Waals surface area contributed by atoms with Crippen molar-refractivity contribution in [3.8, 4) is 16.9 Å². The number of carbonyl (C=O) groups is 2. The Bertz CT molecular complexity index is 1020. The lowest BCUT2D eigenvalue weighted by atomic mass is 9.94. The molecule has 0 aliphatic carbocycles. The fraction of sp³-hybridized carbons (Fsp3) is 0.0714. The number of carboxylic acid groups (broad SMARTS) is 2. The number of aromatic amines is 1. The van der Waals surface area contributed by atoms with Crippen molar-refractivity contribution in [1.82, 2.24) is 4.98 Å². The van der Waals surface area contributed by atoms with Gasteiger partial charge in [-0.3, -0.25) is 14.9 Å². The fourth-order valence-electron chi connectivity index (χ4n) is 2.34. The number of benzene rings is 1. The molecule has 1 aromatic carbocycles. The van der Waals surface area contributed by atoms with Crippen molar-refractivity contribution < 1.29 is 38.2 Å². The first-order chi connectivity index (χ1) is 12.5. The number of aromatic nitrogens is 1. The maximum atomic E-state index is 12.7. The van der Waals surface area contributed by atoms with Gasteiger partial charge in [0.15, 0.2) is 0 Å². The molecule has 0 saturated carbocycles. The molecule has 0 atom stereocenters. The molecule has 2 rings (SSSR count). The maximum Gasteiger partial charge on any atom is 0.387 e. The van der Waals surface area contributed by atoms with Crippen LogP contribution in [0.2, 0.25) is 0 Å². The number of nitrogen functional groups attached to an aromatic ring is 1. The van der Waals surface area contributed by atoms with Crippen LogP contribution in [0.25, 0.3) is 11.1 Å². The van der Waals surface area contributed by atoms with E-state index >= 15 is 0 Å². The van der Waals surface area contributed by atoms with E-state index in [0.29, 0.717) is 12.1 Å². The molecule has 13 heteroatoms. The second-order valence-electron chi connectivity index (χ2n) is 4.92. The van der Waals surface area contributed by atoms with Gasteiger partial charge in [0.05, 0.1) is 4.92 Å². The first-order valence-corrected chi connectivity index (χ1v) is 6.80. The smallest absolute Gasteiger partial charge is 0.387 e. The number of halogens is 2. The number of nitrogens with one attached hydrogen (secondary N) is 1. The first kappa shape index (κ1) is 19.3. The molecule has 1 heterocycles. The quantitative estimate of drug-likeness (QED) is 0.422. The van der Waals surface area contributed by atoms with E-state index in [0.717, 1.165) is 6.07 Å². The van der Waals surface area contributed by atoms with Gasteiger partial charge in [-0.2, -0.15) is 8.78 Å². The van der Waals surface area contributed by atoms with Crippen LogP contribution in [0.3, 0.4) is 0 Å². The van der Waals surface area contributed by atoms with E-state index in [1.165, 1.54) is 0 Å². The highest BCUT2D eigenvalue weighted by atomic mass is 19.3. The number of aromatic carboxylic acids is 2. The molecular weight excluding hydrogens is 376 g/mol. The number of hydrogen-bond donors (Lipinski definition) is 4. The second kappa shape index (κ2) is 7.07. The third kappa shape index (κ3) is 3.65. The summed E-state index contributed by atoms with van der Waals surface area (Å²) in [5, 5.41) is 29.6. The summed E-state index contributed by atoms with van der Waals surface area (Å²) in [7, 11) is 0. The van der Waals surface area contributed by atoms with E-state index in [-0.39, 0.29) is 0 Å². The van der Waals surface area contributed by atoms with Gasteiger partial charge in [-0.25, -0.2) is 9.59 Å². The molecule has 0 spiro atoms. The third-order valence-corrected chi connectivity index (χ3v) is 3.33. The molecule has 0 radical (unpaired) electrons. The highest BCUT2D eigenvalue weighted by Crippen LogP contribution is 2.38. The number of non-ortho nitro benzene ring substituents is 1. The Kier molecular flexibility index (Phi) is 5.05. The van der Waals surface area contributed by atoms with Crippen LogP contribution in [0.15, 0.2) is 23.0 Å². The maximum absolute atomic E-state index is 12.7. The van der Waals surface area contributed by atoms with E-state index in [1.807, 2.05) is 4.98 Å². The predicted octanol–water partition coefficient (Wildman–Crippen LogP) is 1.53. The molecule has 142 valence electrons. The topological polar surface area (TPSA) is 186 Å². The highest BCUT2D eigenvalue weighted by Gasteiger charge is 2.30. The molecule has 0 bridgehead atoms. The van der Waals surface area contributed by atoms with Crippen LogP contribution in [0.5, 0.6) is 5.75 Å². The Balaban J connectivity index is 3.05. The minimum absolute atomic E-state index is 0.602. The lowest BCUT2D eigenvalue weighted by molar-refractivity contribution is -0.384. The van der Waals surface area contributed by atoms with Crippen molar-refractivity contribution in [2.24, 2.45) is 0 Å². The molecule has 5 N–H and O–H groups in total. The molecule has 0 aliphatic rings. The van der Waals surface area contributed by atoms with Crippen molar-refractivity contribution in [3.63, 3.8) is 0 Å². The lowest BCUT2D eigenvalue weighted by Crippen LogP contribution is -2.24. The van der Waals surface area contributed by atoms with Gasteiger partial charge >= 0.3 is 18.6 Å². The second-order valence-corrected chi connectivity index (χ2v) is 4.92. The van der Waals surface area contributed by atoms with Crippen LogP contribution in [0.1, 0.15) is 20.7 Å². The standard InChI is InChI=1S/C14H9F2N3O8/c15-14(16)27-6-2-1-4(19(25)26)3-5(6)7-8(12(21)22)10(17)18-11(20)9(7)13(23)24/h1-3,14H,(H,21,22)(H,23,24)(H3,17,18,20). The zero-order valence-corrected chi connectivity index (χ0v) is 12.9. The molecule has 2 aromatic rings. The van der Waals surface area contributed by atoms with Gasteiger partial charge in [0, 0.05) is 23.3 Å². The van der Waals surface area contributed by atoms with Crippen LogP contribution < -0.4 is 16.0 Å². The van der Waals surface area contributed by atoms with Gasteiger partial charge < -0.3 is 25.7 Å². The van der Waals surface area contributed by atoms with Gasteiger partial charge in [-0.05, 0) is 6.07 Å². The van der Waals surface area contributed by atoms with E-state index in [9.17, 15) is 43.5 Å². The number of nitro benzene ring substituents is 1. The molecule has 0 saturated heterocycles. The fourth-order valence-corrected chi connectivity index (χ4v) is 2.34. The molecule has 1 aromatic heterocycles. The molecule has 11 nitrogen and oxygen atoms in total. The summed E-state index contributed by atoms with van der Waals surface area (Å²) in [5.74, 6) is -5.29. The Morgan fingerprint density at radius 3 is 2.30 bits per heavy atom. The minimum atomic E-state index is -3.42. The number of carboxylic acids is 2. The first-order valence-electron chi connectivity index (χ1n) is 6.80. The molecular formula is C14H9F2N3O8. The SMILES string of the molecule is Nc1[nH]c(=O)c(C(=O)O)c(-c2cc([N+](=O)[O-])ccc2OC(F)F)c1C(=O)O.